The van der Waals surface area contributed by atoms with Crippen LogP contribution in [0.15, 0.2) is 6.33 Å². The quantitative estimate of drug-likeness (QED) is 0.558. The molecule has 1 rings (SSSR count). The number of methoxy groups -OCH3 is 1. The van der Waals surface area contributed by atoms with Crippen molar-refractivity contribution in [3.05, 3.63) is 16.4 Å². The summed E-state index contributed by atoms with van der Waals surface area (Å²) in [6.07, 6.45) is 1.28. The van der Waals surface area contributed by atoms with Crippen molar-refractivity contribution in [2.75, 3.05) is 30.9 Å². The van der Waals surface area contributed by atoms with Gasteiger partial charge in [0, 0.05) is 19.7 Å². The fraction of sp³-hybridized carbons (Fsp3) is 0.600. The molecule has 0 amide bonds. The topological polar surface area (TPSA) is 102 Å². The first kappa shape index (κ1) is 14.1. The number of anilines is 2. The van der Waals surface area contributed by atoms with E-state index in [4.69, 9.17) is 4.74 Å². The van der Waals surface area contributed by atoms with Crippen molar-refractivity contribution in [2.24, 2.45) is 0 Å². The van der Waals surface area contributed by atoms with Gasteiger partial charge in [-0.05, 0) is 13.8 Å². The Morgan fingerprint density at radius 3 is 2.72 bits per heavy atom. The maximum Gasteiger partial charge on any atom is 0.353 e. The molecule has 0 radical (unpaired) electrons. The van der Waals surface area contributed by atoms with E-state index in [0.29, 0.717) is 13.2 Å². The first-order valence-corrected chi connectivity index (χ1v) is 5.58. The van der Waals surface area contributed by atoms with Gasteiger partial charge in [-0.3, -0.25) is 10.1 Å². The molecule has 0 bridgehead atoms. The van der Waals surface area contributed by atoms with E-state index < -0.39 is 4.92 Å². The van der Waals surface area contributed by atoms with Crippen LogP contribution in [0, 0.1) is 10.1 Å². The summed E-state index contributed by atoms with van der Waals surface area (Å²) in [4.78, 5) is 18.3. The van der Waals surface area contributed by atoms with E-state index in [1.54, 1.807) is 7.11 Å². The van der Waals surface area contributed by atoms with Crippen LogP contribution in [0.2, 0.25) is 0 Å². The Kier molecular flexibility index (Phi) is 5.25. The largest absolute Gasteiger partial charge is 0.383 e. The molecule has 100 valence electrons. The second-order valence-corrected chi connectivity index (χ2v) is 3.71. The lowest BCUT2D eigenvalue weighted by molar-refractivity contribution is -0.383. The lowest BCUT2D eigenvalue weighted by Gasteiger charge is -2.14. The first-order chi connectivity index (χ1) is 8.60. The zero-order valence-corrected chi connectivity index (χ0v) is 10.6. The van der Waals surface area contributed by atoms with E-state index in [-0.39, 0.29) is 23.4 Å². The molecule has 0 saturated heterocycles. The number of hydrogen-bond acceptors (Lipinski definition) is 7. The van der Waals surface area contributed by atoms with Gasteiger partial charge in [-0.15, -0.1) is 0 Å². The van der Waals surface area contributed by atoms with Crippen molar-refractivity contribution in [3.63, 3.8) is 0 Å². The van der Waals surface area contributed by atoms with E-state index in [1.165, 1.54) is 6.33 Å². The molecular formula is C10H17N5O3. The predicted octanol–water partition coefficient (Wildman–Crippen LogP) is 1.26. The molecule has 1 aromatic rings. The Hall–Kier alpha value is -1.96. The maximum atomic E-state index is 11.1. The lowest BCUT2D eigenvalue weighted by Crippen LogP contribution is -2.22. The van der Waals surface area contributed by atoms with Crippen LogP contribution >= 0.6 is 0 Å². The third-order valence-corrected chi connectivity index (χ3v) is 2.15. The number of ether oxygens (including phenoxy) is 1. The molecule has 0 aliphatic rings. The number of nitrogens with zero attached hydrogens (tertiary/aromatic N) is 3. The Morgan fingerprint density at radius 2 is 2.17 bits per heavy atom. The highest BCUT2D eigenvalue weighted by Crippen LogP contribution is 2.28. The molecule has 0 spiro atoms. The van der Waals surface area contributed by atoms with Crippen molar-refractivity contribution in [1.82, 2.24) is 9.97 Å². The average Bonchev–Trinajstić information content (AvgIpc) is 2.29. The number of nitro groups is 1. The molecular weight excluding hydrogens is 238 g/mol. The molecule has 8 heteroatoms. The molecule has 2 N–H and O–H groups in total. The summed E-state index contributed by atoms with van der Waals surface area (Å²) >= 11 is 0. The minimum absolute atomic E-state index is 0.0851. The van der Waals surface area contributed by atoms with Crippen molar-refractivity contribution >= 4 is 17.3 Å². The molecule has 1 atom stereocenters. The zero-order chi connectivity index (χ0) is 13.5. The Bertz CT molecular complexity index is 412. The molecule has 1 unspecified atom stereocenters. The van der Waals surface area contributed by atoms with Gasteiger partial charge in [-0.25, -0.2) is 9.97 Å². The molecule has 0 aliphatic heterocycles. The minimum Gasteiger partial charge on any atom is -0.383 e. The summed E-state index contributed by atoms with van der Waals surface area (Å²) in [5.41, 5.74) is -0.151. The van der Waals surface area contributed by atoms with Gasteiger partial charge >= 0.3 is 5.69 Å². The number of aromatic nitrogens is 2. The van der Waals surface area contributed by atoms with Gasteiger partial charge in [0.1, 0.15) is 6.33 Å². The maximum absolute atomic E-state index is 11.1. The van der Waals surface area contributed by atoms with Gasteiger partial charge in [0.05, 0.1) is 11.5 Å². The average molecular weight is 255 g/mol. The van der Waals surface area contributed by atoms with E-state index in [9.17, 15) is 10.1 Å². The molecule has 0 aliphatic carbocycles. The van der Waals surface area contributed by atoms with Gasteiger partial charge in [0.2, 0.25) is 11.6 Å². The monoisotopic (exact) mass is 255 g/mol. The smallest absolute Gasteiger partial charge is 0.353 e. The molecule has 0 fully saturated rings. The van der Waals surface area contributed by atoms with Gasteiger partial charge in [-0.2, -0.15) is 0 Å². The predicted molar refractivity (Wildman–Crippen MR) is 67.8 cm³/mol. The Labute approximate surface area is 105 Å². The van der Waals surface area contributed by atoms with Gasteiger partial charge < -0.3 is 15.4 Å². The summed E-state index contributed by atoms with van der Waals surface area (Å²) in [5, 5.41) is 16.8. The Morgan fingerprint density at radius 1 is 1.50 bits per heavy atom. The summed E-state index contributed by atoms with van der Waals surface area (Å²) in [7, 11) is 1.57. The van der Waals surface area contributed by atoms with Crippen molar-refractivity contribution in [2.45, 2.75) is 19.9 Å². The second kappa shape index (κ2) is 6.70. The molecule has 0 aromatic carbocycles. The fourth-order valence-electron chi connectivity index (χ4n) is 1.48. The molecule has 1 aromatic heterocycles. The van der Waals surface area contributed by atoms with E-state index in [1.807, 2.05) is 13.8 Å². The normalized spacial score (nSPS) is 11.9. The van der Waals surface area contributed by atoms with Crippen LogP contribution in [-0.4, -0.2) is 41.2 Å². The van der Waals surface area contributed by atoms with Crippen LogP contribution in [0.3, 0.4) is 0 Å². The SMILES string of the molecule is CCNc1ncnc(NC(C)COC)c1[N+](=O)[O-]. The van der Waals surface area contributed by atoms with Crippen molar-refractivity contribution in [3.8, 4) is 0 Å². The fourth-order valence-corrected chi connectivity index (χ4v) is 1.48. The standard InChI is InChI=1S/C10H17N5O3/c1-4-11-9-8(15(16)17)10(13-6-12-9)14-7(2)5-18-3/h6-7H,4-5H2,1-3H3,(H2,11,12,13,14). The zero-order valence-electron chi connectivity index (χ0n) is 10.6. The summed E-state index contributed by atoms with van der Waals surface area (Å²) in [5.74, 6) is 0.403. The number of hydrogen-bond donors (Lipinski definition) is 2. The van der Waals surface area contributed by atoms with Crippen LogP contribution in [0.1, 0.15) is 13.8 Å². The second-order valence-electron chi connectivity index (χ2n) is 3.71. The third kappa shape index (κ3) is 3.52. The summed E-state index contributed by atoms with van der Waals surface area (Å²) < 4.78 is 4.96. The van der Waals surface area contributed by atoms with Gasteiger partial charge in [-0.1, -0.05) is 0 Å². The van der Waals surface area contributed by atoms with Crippen molar-refractivity contribution < 1.29 is 9.66 Å². The Balaban J connectivity index is 3.02. The van der Waals surface area contributed by atoms with Crippen LogP contribution in [0.4, 0.5) is 17.3 Å². The lowest BCUT2D eigenvalue weighted by atomic mass is 10.3. The summed E-state index contributed by atoms with van der Waals surface area (Å²) in [6, 6.07) is -0.0851. The third-order valence-electron chi connectivity index (χ3n) is 2.15. The van der Waals surface area contributed by atoms with Gasteiger partial charge in [0.25, 0.3) is 0 Å². The highest BCUT2D eigenvalue weighted by atomic mass is 16.6. The highest BCUT2D eigenvalue weighted by Gasteiger charge is 2.23. The minimum atomic E-state index is -0.500. The van der Waals surface area contributed by atoms with Crippen LogP contribution in [-0.2, 0) is 4.74 Å². The molecule has 0 saturated carbocycles. The number of nitrogens with one attached hydrogen (secondary N) is 2. The highest BCUT2D eigenvalue weighted by molar-refractivity contribution is 5.69. The molecule has 8 nitrogen and oxygen atoms in total. The van der Waals surface area contributed by atoms with Crippen molar-refractivity contribution in [1.29, 1.82) is 0 Å². The van der Waals surface area contributed by atoms with Gasteiger partial charge in [0.15, 0.2) is 0 Å². The van der Waals surface area contributed by atoms with Crippen LogP contribution in [0.25, 0.3) is 0 Å². The molecule has 18 heavy (non-hydrogen) atoms. The van der Waals surface area contributed by atoms with E-state index >= 15 is 0 Å². The van der Waals surface area contributed by atoms with E-state index in [2.05, 4.69) is 20.6 Å². The first-order valence-electron chi connectivity index (χ1n) is 5.58. The van der Waals surface area contributed by atoms with Crippen LogP contribution in [0.5, 0.6) is 0 Å². The molecule has 1 heterocycles. The summed E-state index contributed by atoms with van der Waals surface area (Å²) in [6.45, 7) is 4.66. The number of rotatable bonds is 7. The van der Waals surface area contributed by atoms with E-state index in [0.717, 1.165) is 0 Å². The van der Waals surface area contributed by atoms with Crippen LogP contribution < -0.4 is 10.6 Å².